The summed E-state index contributed by atoms with van der Waals surface area (Å²) < 4.78 is 0. The molecule has 29 heavy (non-hydrogen) atoms. The highest BCUT2D eigenvalue weighted by molar-refractivity contribution is 8.14. The lowest BCUT2D eigenvalue weighted by Crippen LogP contribution is -2.31. The van der Waals surface area contributed by atoms with Crippen molar-refractivity contribution < 1.29 is 9.59 Å². The lowest BCUT2D eigenvalue weighted by molar-refractivity contribution is -0.118. The number of hydrogen-bond acceptors (Lipinski definition) is 4. The van der Waals surface area contributed by atoms with Crippen molar-refractivity contribution in [3.05, 3.63) is 70.9 Å². The van der Waals surface area contributed by atoms with E-state index in [1.165, 1.54) is 17.3 Å². The Balaban J connectivity index is 1.92. The molecule has 1 aliphatic rings. The number of thioether (sulfide) groups is 1. The maximum Gasteiger partial charge on any atom is 0.283 e. The van der Waals surface area contributed by atoms with Gasteiger partial charge in [-0.2, -0.15) is 0 Å². The Hall–Kier alpha value is -2.86. The number of rotatable bonds is 5. The average molecular weight is 408 g/mol. The fourth-order valence-corrected chi connectivity index (χ4v) is 3.74. The molecule has 3 rings (SSSR count). The van der Waals surface area contributed by atoms with Crippen LogP contribution in [0.5, 0.6) is 0 Å². The first kappa shape index (κ1) is 20.9. The quantitative estimate of drug-likeness (QED) is 0.750. The van der Waals surface area contributed by atoms with Crippen LogP contribution in [-0.4, -0.2) is 29.8 Å². The van der Waals surface area contributed by atoms with Crippen molar-refractivity contribution in [1.29, 1.82) is 0 Å². The minimum atomic E-state index is -0.193. The number of carbonyl (C=O) groups is 2. The number of hydrogen-bond donors (Lipinski definition) is 1. The van der Waals surface area contributed by atoms with Crippen LogP contribution in [0.25, 0.3) is 6.08 Å². The zero-order chi connectivity index (χ0) is 21.0. The molecule has 0 fully saturated rings. The summed E-state index contributed by atoms with van der Waals surface area (Å²) in [7, 11) is 1.59. The summed E-state index contributed by atoms with van der Waals surface area (Å²) in [5, 5.41) is 3.10. The van der Waals surface area contributed by atoms with Gasteiger partial charge < -0.3 is 5.32 Å². The Morgan fingerprint density at radius 3 is 2.38 bits per heavy atom. The third-order valence-corrected chi connectivity index (χ3v) is 5.58. The highest BCUT2D eigenvalue weighted by Crippen LogP contribution is 2.29. The summed E-state index contributed by atoms with van der Waals surface area (Å²) in [6.45, 7) is 6.29. The molecular formula is C23H25N3O2S. The van der Waals surface area contributed by atoms with Crippen LogP contribution in [-0.2, 0) is 9.59 Å². The van der Waals surface area contributed by atoms with Gasteiger partial charge in [-0.05, 0) is 42.2 Å². The topological polar surface area (TPSA) is 61.8 Å². The summed E-state index contributed by atoms with van der Waals surface area (Å²) in [4.78, 5) is 30.9. The molecule has 150 valence electrons. The Morgan fingerprint density at radius 1 is 1.14 bits per heavy atom. The number of aryl methyl sites for hydroxylation is 1. The van der Waals surface area contributed by atoms with Gasteiger partial charge in [-0.25, -0.2) is 4.99 Å². The first-order chi connectivity index (χ1) is 13.9. The van der Waals surface area contributed by atoms with E-state index >= 15 is 0 Å². The highest BCUT2D eigenvalue weighted by atomic mass is 32.2. The van der Waals surface area contributed by atoms with Gasteiger partial charge in [-0.1, -0.05) is 67.6 Å². The molecule has 0 aromatic heterocycles. The lowest BCUT2D eigenvalue weighted by Gasteiger charge is -2.17. The first-order valence-corrected chi connectivity index (χ1v) is 10.5. The van der Waals surface area contributed by atoms with Gasteiger partial charge in [-0.3, -0.25) is 14.5 Å². The van der Waals surface area contributed by atoms with Gasteiger partial charge in [0.25, 0.3) is 5.91 Å². The predicted octanol–water partition coefficient (Wildman–Crippen LogP) is 4.34. The molecule has 0 atom stereocenters. The second-order valence-corrected chi connectivity index (χ2v) is 8.13. The van der Waals surface area contributed by atoms with E-state index in [0.717, 1.165) is 16.8 Å². The number of amidine groups is 1. The normalized spacial score (nSPS) is 15.2. The van der Waals surface area contributed by atoms with Gasteiger partial charge >= 0.3 is 0 Å². The number of aliphatic imine (C=N–C) groups is 1. The highest BCUT2D eigenvalue weighted by Gasteiger charge is 2.32. The summed E-state index contributed by atoms with van der Waals surface area (Å²) in [6, 6.07) is 15.8. The van der Waals surface area contributed by atoms with Crippen molar-refractivity contribution in [2.45, 2.75) is 26.7 Å². The molecule has 0 saturated carbocycles. The molecule has 0 saturated heterocycles. The zero-order valence-corrected chi connectivity index (χ0v) is 17.9. The Kier molecular flexibility index (Phi) is 6.54. The molecule has 5 nitrogen and oxygen atoms in total. The molecule has 1 heterocycles. The van der Waals surface area contributed by atoms with Crippen molar-refractivity contribution in [3.8, 4) is 0 Å². The summed E-state index contributed by atoms with van der Waals surface area (Å²) in [5.74, 6) is 0.339. The molecule has 2 amide bonds. The zero-order valence-electron chi connectivity index (χ0n) is 17.1. The van der Waals surface area contributed by atoms with E-state index in [2.05, 4.69) is 36.3 Å². The maximum absolute atomic E-state index is 13.1. The largest absolute Gasteiger partial charge is 0.358 e. The third kappa shape index (κ3) is 4.95. The van der Waals surface area contributed by atoms with Gasteiger partial charge in [0.05, 0.1) is 11.4 Å². The van der Waals surface area contributed by atoms with E-state index in [0.29, 0.717) is 16.8 Å². The number of amides is 2. The average Bonchev–Trinajstić information content (AvgIpc) is 3.02. The van der Waals surface area contributed by atoms with Crippen LogP contribution < -0.4 is 10.2 Å². The molecule has 0 aliphatic carbocycles. The maximum atomic E-state index is 13.1. The van der Waals surface area contributed by atoms with Crippen LogP contribution in [0.4, 0.5) is 5.69 Å². The Bertz CT molecular complexity index is 961. The van der Waals surface area contributed by atoms with E-state index in [1.54, 1.807) is 18.0 Å². The minimum absolute atomic E-state index is 0.115. The summed E-state index contributed by atoms with van der Waals surface area (Å²) >= 11 is 1.25. The fourth-order valence-electron chi connectivity index (χ4n) is 2.85. The van der Waals surface area contributed by atoms with Crippen molar-refractivity contribution in [2.75, 3.05) is 17.7 Å². The fraction of sp³-hybridized carbons (Fsp3) is 0.261. The monoisotopic (exact) mass is 407 g/mol. The van der Waals surface area contributed by atoms with Crippen LogP contribution in [0.15, 0.2) is 59.2 Å². The van der Waals surface area contributed by atoms with Crippen molar-refractivity contribution in [3.63, 3.8) is 0 Å². The van der Waals surface area contributed by atoms with Gasteiger partial charge in [0.2, 0.25) is 5.91 Å². The number of carbonyl (C=O) groups excluding carboxylic acids is 2. The molecule has 1 N–H and O–H groups in total. The Labute approximate surface area is 175 Å². The molecule has 0 bridgehead atoms. The van der Waals surface area contributed by atoms with Gasteiger partial charge in [-0.15, -0.1) is 0 Å². The van der Waals surface area contributed by atoms with Gasteiger partial charge in [0, 0.05) is 7.05 Å². The van der Waals surface area contributed by atoms with Crippen molar-refractivity contribution in [2.24, 2.45) is 4.99 Å². The van der Waals surface area contributed by atoms with E-state index in [-0.39, 0.29) is 17.6 Å². The van der Waals surface area contributed by atoms with Crippen LogP contribution in [0.1, 0.15) is 36.5 Å². The molecule has 6 heteroatoms. The van der Waals surface area contributed by atoms with Crippen LogP contribution >= 0.6 is 11.8 Å². The van der Waals surface area contributed by atoms with E-state index in [9.17, 15) is 9.59 Å². The third-order valence-electron chi connectivity index (χ3n) is 4.64. The van der Waals surface area contributed by atoms with Crippen LogP contribution in [0, 0.1) is 6.92 Å². The summed E-state index contributed by atoms with van der Waals surface area (Å²) in [5.41, 5.74) is 4.38. The predicted molar refractivity (Wildman–Crippen MR) is 121 cm³/mol. The second kappa shape index (κ2) is 9.09. The molecule has 1 aliphatic heterocycles. The number of benzene rings is 2. The van der Waals surface area contributed by atoms with E-state index in [4.69, 9.17) is 0 Å². The number of nitrogens with one attached hydrogen (secondary N) is 1. The Morgan fingerprint density at radius 2 is 1.79 bits per heavy atom. The molecule has 0 unspecified atom stereocenters. The number of nitrogens with zero attached hydrogens (tertiary/aromatic N) is 2. The SMILES string of the molecule is CNC(=O)CSC1=NC(=Cc2ccc(C(C)C)cc2)C(=O)N1c1ccc(C)cc1. The van der Waals surface area contributed by atoms with Gasteiger partial charge in [0.15, 0.2) is 5.17 Å². The molecule has 0 radical (unpaired) electrons. The van der Waals surface area contributed by atoms with Crippen LogP contribution in [0.2, 0.25) is 0 Å². The molecule has 2 aromatic rings. The second-order valence-electron chi connectivity index (χ2n) is 7.18. The molecule has 0 spiro atoms. The molecule has 2 aromatic carbocycles. The standard InChI is InChI=1S/C23H25N3O2S/c1-15(2)18-9-7-17(8-10-18)13-20-22(28)26(19-11-5-16(3)6-12-19)23(25-20)29-14-21(27)24-4/h5-13,15H,14H2,1-4H3,(H,24,27). The van der Waals surface area contributed by atoms with Crippen molar-refractivity contribution >= 4 is 40.5 Å². The minimum Gasteiger partial charge on any atom is -0.358 e. The van der Waals surface area contributed by atoms with Crippen molar-refractivity contribution in [1.82, 2.24) is 5.32 Å². The smallest absolute Gasteiger partial charge is 0.283 e. The van der Waals surface area contributed by atoms with Gasteiger partial charge in [0.1, 0.15) is 5.70 Å². The first-order valence-electron chi connectivity index (χ1n) is 9.54. The lowest BCUT2D eigenvalue weighted by atomic mass is 10.0. The number of anilines is 1. The van der Waals surface area contributed by atoms with E-state index < -0.39 is 0 Å². The van der Waals surface area contributed by atoms with Crippen LogP contribution in [0.3, 0.4) is 0 Å². The summed E-state index contributed by atoms with van der Waals surface area (Å²) in [6.07, 6.45) is 1.79. The molecular weight excluding hydrogens is 382 g/mol. The van der Waals surface area contributed by atoms with E-state index in [1.807, 2.05) is 43.3 Å².